The van der Waals surface area contributed by atoms with Gasteiger partial charge in [0, 0.05) is 20.1 Å². The second kappa shape index (κ2) is 6.78. The maximum atomic E-state index is 11.9. The first kappa shape index (κ1) is 15.6. The van der Waals surface area contributed by atoms with Gasteiger partial charge < -0.3 is 21.3 Å². The first-order valence-electron chi connectivity index (χ1n) is 7.11. The standard InChI is InChI=1S/C14H21N5OS/c1-3-19-5-4-9(8-19)7-18-14-11(13(20)17-2)12(16)10(6-15)21-14/h9,18H,3-5,7-8,16H2,1-2H3,(H,17,20). The normalized spacial score (nSPS) is 18.4. The van der Waals surface area contributed by atoms with E-state index in [0.717, 1.165) is 32.6 Å². The van der Waals surface area contributed by atoms with Gasteiger partial charge in [0.2, 0.25) is 0 Å². The van der Waals surface area contributed by atoms with E-state index in [1.165, 1.54) is 11.3 Å². The maximum absolute atomic E-state index is 11.9. The van der Waals surface area contributed by atoms with E-state index in [9.17, 15) is 4.79 Å². The summed E-state index contributed by atoms with van der Waals surface area (Å²) >= 11 is 1.25. The zero-order valence-electron chi connectivity index (χ0n) is 12.4. The van der Waals surface area contributed by atoms with Crippen LogP contribution in [0.3, 0.4) is 0 Å². The van der Waals surface area contributed by atoms with E-state index in [0.29, 0.717) is 21.4 Å². The zero-order valence-corrected chi connectivity index (χ0v) is 13.2. The van der Waals surface area contributed by atoms with Crippen molar-refractivity contribution in [2.24, 2.45) is 5.92 Å². The number of carbonyl (C=O) groups excluding carboxylic acids is 1. The molecule has 0 spiro atoms. The van der Waals surface area contributed by atoms with E-state index in [4.69, 9.17) is 11.0 Å². The highest BCUT2D eigenvalue weighted by molar-refractivity contribution is 7.17. The number of nitrogens with one attached hydrogen (secondary N) is 2. The van der Waals surface area contributed by atoms with Crippen LogP contribution in [0.5, 0.6) is 0 Å². The number of nitrogens with zero attached hydrogens (tertiary/aromatic N) is 2. The average molecular weight is 307 g/mol. The van der Waals surface area contributed by atoms with Crippen molar-refractivity contribution in [1.29, 1.82) is 5.26 Å². The maximum Gasteiger partial charge on any atom is 0.256 e. The first-order valence-corrected chi connectivity index (χ1v) is 7.93. The van der Waals surface area contributed by atoms with Crippen LogP contribution < -0.4 is 16.4 Å². The number of nitriles is 1. The molecular formula is C14H21N5OS. The van der Waals surface area contributed by atoms with E-state index in [-0.39, 0.29) is 11.6 Å². The van der Waals surface area contributed by atoms with Gasteiger partial charge in [-0.05, 0) is 25.4 Å². The van der Waals surface area contributed by atoms with Crippen molar-refractivity contribution in [3.8, 4) is 6.07 Å². The summed E-state index contributed by atoms with van der Waals surface area (Å²) in [5.41, 5.74) is 6.56. The Morgan fingerprint density at radius 3 is 2.95 bits per heavy atom. The lowest BCUT2D eigenvalue weighted by Crippen LogP contribution is -2.23. The number of hydrogen-bond acceptors (Lipinski definition) is 6. The summed E-state index contributed by atoms with van der Waals surface area (Å²) in [4.78, 5) is 14.7. The number of nitrogen functional groups attached to an aromatic ring is 1. The monoisotopic (exact) mass is 307 g/mol. The highest BCUT2D eigenvalue weighted by Gasteiger charge is 2.24. The molecule has 2 rings (SSSR count). The fraction of sp³-hybridized carbons (Fsp3) is 0.571. The second-order valence-electron chi connectivity index (χ2n) is 5.17. The molecule has 1 aliphatic heterocycles. The van der Waals surface area contributed by atoms with Crippen molar-refractivity contribution in [3.63, 3.8) is 0 Å². The molecule has 7 heteroatoms. The minimum absolute atomic E-state index is 0.255. The molecule has 1 aromatic rings. The summed E-state index contributed by atoms with van der Waals surface area (Å²) in [7, 11) is 1.56. The molecule has 21 heavy (non-hydrogen) atoms. The Hall–Kier alpha value is -1.78. The Labute approximate surface area is 128 Å². The quantitative estimate of drug-likeness (QED) is 0.762. The molecule has 1 atom stereocenters. The third-order valence-electron chi connectivity index (χ3n) is 3.87. The molecule has 0 radical (unpaired) electrons. The third-order valence-corrected chi connectivity index (χ3v) is 4.94. The van der Waals surface area contributed by atoms with Crippen LogP contribution in [0.1, 0.15) is 28.6 Å². The number of amides is 1. The summed E-state index contributed by atoms with van der Waals surface area (Å²) in [5, 5.41) is 15.6. The summed E-state index contributed by atoms with van der Waals surface area (Å²) in [5.74, 6) is 0.311. The third kappa shape index (κ3) is 3.28. The van der Waals surface area contributed by atoms with Crippen LogP contribution in [0.2, 0.25) is 0 Å². The second-order valence-corrected chi connectivity index (χ2v) is 6.19. The van der Waals surface area contributed by atoms with E-state index in [1.54, 1.807) is 7.05 Å². The molecule has 1 unspecified atom stereocenters. The van der Waals surface area contributed by atoms with Gasteiger partial charge in [-0.1, -0.05) is 6.92 Å². The van der Waals surface area contributed by atoms with Gasteiger partial charge in [-0.3, -0.25) is 4.79 Å². The SMILES string of the molecule is CCN1CCC(CNc2sc(C#N)c(N)c2C(=O)NC)C1. The number of nitrogens with two attached hydrogens (primary N) is 1. The Balaban J connectivity index is 2.09. The summed E-state index contributed by atoms with van der Waals surface area (Å²) in [6, 6.07) is 2.04. The number of rotatable bonds is 5. The molecule has 1 saturated heterocycles. The smallest absolute Gasteiger partial charge is 0.256 e. The van der Waals surface area contributed by atoms with Gasteiger partial charge in [0.15, 0.2) is 0 Å². The lowest BCUT2D eigenvalue weighted by atomic mass is 10.1. The Kier molecular flexibility index (Phi) is 5.04. The summed E-state index contributed by atoms with van der Waals surface area (Å²) in [6.07, 6.45) is 1.15. The van der Waals surface area contributed by atoms with Crippen molar-refractivity contribution in [3.05, 3.63) is 10.4 Å². The molecule has 1 aromatic heterocycles. The highest BCUT2D eigenvalue weighted by Crippen LogP contribution is 2.35. The van der Waals surface area contributed by atoms with Gasteiger partial charge in [-0.25, -0.2) is 0 Å². The van der Waals surface area contributed by atoms with Crippen LogP contribution in [-0.4, -0.2) is 44.0 Å². The minimum atomic E-state index is -0.255. The number of carbonyl (C=O) groups is 1. The van der Waals surface area contributed by atoms with Gasteiger partial charge in [-0.2, -0.15) is 5.26 Å². The molecule has 114 valence electrons. The van der Waals surface area contributed by atoms with Gasteiger partial charge in [0.25, 0.3) is 5.91 Å². The molecule has 0 aliphatic carbocycles. The number of likely N-dealkylation sites (tertiary alicyclic amines) is 1. The van der Waals surface area contributed by atoms with Gasteiger partial charge in [0.1, 0.15) is 15.9 Å². The molecule has 1 amide bonds. The Bertz CT molecular complexity index is 562. The van der Waals surface area contributed by atoms with Crippen LogP contribution in [0.25, 0.3) is 0 Å². The van der Waals surface area contributed by atoms with Crippen LogP contribution >= 0.6 is 11.3 Å². The van der Waals surface area contributed by atoms with E-state index in [2.05, 4.69) is 22.5 Å². The average Bonchev–Trinajstić information content (AvgIpc) is 3.08. The van der Waals surface area contributed by atoms with Gasteiger partial charge in [-0.15, -0.1) is 11.3 Å². The van der Waals surface area contributed by atoms with Gasteiger partial charge in [0.05, 0.1) is 11.3 Å². The molecule has 6 nitrogen and oxygen atoms in total. The minimum Gasteiger partial charge on any atom is -0.396 e. The molecule has 1 aliphatic rings. The van der Waals surface area contributed by atoms with Crippen LogP contribution in [0.15, 0.2) is 0 Å². The van der Waals surface area contributed by atoms with Crippen molar-refractivity contribution in [2.45, 2.75) is 13.3 Å². The first-order chi connectivity index (χ1) is 10.1. The number of hydrogen-bond donors (Lipinski definition) is 3. The lowest BCUT2D eigenvalue weighted by Gasteiger charge is -2.14. The fourth-order valence-electron chi connectivity index (χ4n) is 2.61. The Morgan fingerprint density at radius 2 is 2.38 bits per heavy atom. The molecule has 1 fully saturated rings. The molecular weight excluding hydrogens is 286 g/mol. The summed E-state index contributed by atoms with van der Waals surface area (Å²) in [6.45, 7) is 6.24. The van der Waals surface area contributed by atoms with E-state index < -0.39 is 0 Å². The molecule has 0 aromatic carbocycles. The molecule has 0 bridgehead atoms. The number of anilines is 2. The van der Waals surface area contributed by atoms with E-state index in [1.807, 2.05) is 6.07 Å². The lowest BCUT2D eigenvalue weighted by molar-refractivity contribution is 0.0965. The van der Waals surface area contributed by atoms with Crippen molar-refractivity contribution in [2.75, 3.05) is 44.3 Å². The predicted molar refractivity (Wildman–Crippen MR) is 85.5 cm³/mol. The highest BCUT2D eigenvalue weighted by atomic mass is 32.1. The molecule has 2 heterocycles. The van der Waals surface area contributed by atoms with Crippen molar-refractivity contribution < 1.29 is 4.79 Å². The predicted octanol–water partition coefficient (Wildman–Crippen LogP) is 1.32. The topological polar surface area (TPSA) is 94.2 Å². The van der Waals surface area contributed by atoms with E-state index >= 15 is 0 Å². The van der Waals surface area contributed by atoms with Crippen molar-refractivity contribution >= 4 is 27.9 Å². The summed E-state index contributed by atoms with van der Waals surface area (Å²) < 4.78 is 0. The van der Waals surface area contributed by atoms with Gasteiger partial charge >= 0.3 is 0 Å². The number of thiophene rings is 1. The molecule has 4 N–H and O–H groups in total. The van der Waals surface area contributed by atoms with Crippen LogP contribution in [0, 0.1) is 17.2 Å². The fourth-order valence-corrected chi connectivity index (χ4v) is 3.53. The van der Waals surface area contributed by atoms with Crippen molar-refractivity contribution in [1.82, 2.24) is 10.2 Å². The zero-order chi connectivity index (χ0) is 15.4. The van der Waals surface area contributed by atoms with Crippen LogP contribution in [-0.2, 0) is 0 Å². The Morgan fingerprint density at radius 1 is 1.62 bits per heavy atom. The largest absolute Gasteiger partial charge is 0.396 e. The molecule has 0 saturated carbocycles. The van der Waals surface area contributed by atoms with Crippen LogP contribution in [0.4, 0.5) is 10.7 Å².